The topological polar surface area (TPSA) is 46.6 Å². The average Bonchev–Trinajstić information content (AvgIpc) is 2.98. The lowest BCUT2D eigenvalue weighted by Crippen LogP contribution is -2.22. The maximum atomic E-state index is 12.2. The normalized spacial score (nSPS) is 16.9. The number of nitrogens with zero attached hydrogens (tertiary/aromatic N) is 1. The molecule has 0 unspecified atom stereocenters. The second kappa shape index (κ2) is 5.22. The van der Waals surface area contributed by atoms with Crippen LogP contribution in [0.4, 0.5) is 5.69 Å². The van der Waals surface area contributed by atoms with Gasteiger partial charge in [-0.15, -0.1) is 16.4 Å². The lowest BCUT2D eigenvalue weighted by Gasteiger charge is -2.11. The van der Waals surface area contributed by atoms with Gasteiger partial charge in [0, 0.05) is 4.88 Å². The third-order valence-corrected chi connectivity index (χ3v) is 4.25. The summed E-state index contributed by atoms with van der Waals surface area (Å²) < 4.78 is 0.933. The molecule has 2 aromatic rings. The quantitative estimate of drug-likeness (QED) is 0.616. The summed E-state index contributed by atoms with van der Waals surface area (Å²) in [6.07, 6.45) is 1.54. The molecule has 1 fully saturated rings. The molecule has 0 spiro atoms. The summed E-state index contributed by atoms with van der Waals surface area (Å²) in [5, 5.41) is 1.01. The van der Waals surface area contributed by atoms with E-state index < -0.39 is 11.9 Å². The second-order valence-corrected chi connectivity index (χ2v) is 6.51. The van der Waals surface area contributed by atoms with Gasteiger partial charge in [0.15, 0.2) is 0 Å². The van der Waals surface area contributed by atoms with E-state index in [0.717, 1.165) is 13.7 Å². The monoisotopic (exact) mass is 349 g/mol. The van der Waals surface area contributed by atoms with E-state index in [1.165, 1.54) is 11.3 Å². The number of halogens is 1. The van der Waals surface area contributed by atoms with E-state index in [1.54, 1.807) is 30.3 Å². The van der Waals surface area contributed by atoms with Crippen molar-refractivity contribution in [3.8, 4) is 0 Å². The fraction of sp³-hybridized carbons (Fsp3) is 0. The summed E-state index contributed by atoms with van der Waals surface area (Å²) in [5.41, 5.74) is 0.560. The second-order valence-electron chi connectivity index (χ2n) is 4.01. The summed E-state index contributed by atoms with van der Waals surface area (Å²) in [6, 6.07) is 12.5. The maximum absolute atomic E-state index is 12.2. The van der Waals surface area contributed by atoms with Crippen LogP contribution in [0.15, 0.2) is 51.8 Å². The molecule has 0 saturated carbocycles. The molecule has 0 N–H and O–H groups in total. The first-order valence-electron chi connectivity index (χ1n) is 5.74. The van der Waals surface area contributed by atoms with Crippen LogP contribution in [-0.4, -0.2) is 11.9 Å². The highest BCUT2D eigenvalue weighted by molar-refractivity contribution is 9.11. The van der Waals surface area contributed by atoms with Crippen LogP contribution >= 0.6 is 27.3 Å². The smallest absolute Gasteiger partial charge is 0.327 e. The molecule has 0 radical (unpaired) electrons. The Morgan fingerprint density at radius 3 is 2.50 bits per heavy atom. The molecular weight excluding hydrogens is 342 g/mol. The molecule has 2 heterocycles. The first-order chi connectivity index (χ1) is 9.65. The number of hydroxylamine groups is 1. The Bertz CT molecular complexity index is 708. The summed E-state index contributed by atoms with van der Waals surface area (Å²) in [5.74, 6) is -1.09. The highest BCUT2D eigenvalue weighted by atomic mass is 79.9. The SMILES string of the molecule is O=C1ON(c2ccccc2)C(=O)C1=Cc1ccc(Br)s1. The number of carbonyl (C=O) groups is 2. The van der Waals surface area contributed by atoms with Crippen molar-refractivity contribution in [2.45, 2.75) is 0 Å². The van der Waals surface area contributed by atoms with Crippen molar-refractivity contribution in [2.24, 2.45) is 0 Å². The number of para-hydroxylation sites is 1. The van der Waals surface area contributed by atoms with Crippen molar-refractivity contribution in [1.82, 2.24) is 0 Å². The van der Waals surface area contributed by atoms with Gasteiger partial charge in [0.1, 0.15) is 5.57 Å². The molecule has 4 nitrogen and oxygen atoms in total. The third-order valence-electron chi connectivity index (χ3n) is 2.68. The molecule has 3 rings (SSSR count). The molecule has 0 atom stereocenters. The molecule has 0 bridgehead atoms. The van der Waals surface area contributed by atoms with Crippen LogP contribution in [0.3, 0.4) is 0 Å². The van der Waals surface area contributed by atoms with Crippen molar-refractivity contribution in [3.63, 3.8) is 0 Å². The Hall–Kier alpha value is -1.92. The van der Waals surface area contributed by atoms with E-state index in [0.29, 0.717) is 5.69 Å². The van der Waals surface area contributed by atoms with Crippen LogP contribution in [0.5, 0.6) is 0 Å². The van der Waals surface area contributed by atoms with Gasteiger partial charge < -0.3 is 4.84 Å². The van der Waals surface area contributed by atoms with Gasteiger partial charge in [-0.1, -0.05) is 18.2 Å². The molecule has 1 aliphatic heterocycles. The molecule has 1 aromatic heterocycles. The van der Waals surface area contributed by atoms with E-state index >= 15 is 0 Å². The Kier molecular flexibility index (Phi) is 3.42. The molecule has 6 heteroatoms. The first-order valence-corrected chi connectivity index (χ1v) is 7.35. The Labute approximate surface area is 127 Å². The number of thiophene rings is 1. The van der Waals surface area contributed by atoms with E-state index in [9.17, 15) is 9.59 Å². The maximum Gasteiger partial charge on any atom is 0.369 e. The van der Waals surface area contributed by atoms with E-state index in [2.05, 4.69) is 15.9 Å². The van der Waals surface area contributed by atoms with Crippen molar-refractivity contribution in [3.05, 3.63) is 56.7 Å². The number of rotatable bonds is 2. The van der Waals surface area contributed by atoms with Gasteiger partial charge in [-0.25, -0.2) is 4.79 Å². The summed E-state index contributed by atoms with van der Waals surface area (Å²) in [6.45, 7) is 0. The highest BCUT2D eigenvalue weighted by Crippen LogP contribution is 2.28. The fourth-order valence-electron chi connectivity index (χ4n) is 1.77. The minimum Gasteiger partial charge on any atom is -0.327 e. The Morgan fingerprint density at radius 1 is 1.10 bits per heavy atom. The van der Waals surface area contributed by atoms with Crippen LogP contribution < -0.4 is 5.06 Å². The van der Waals surface area contributed by atoms with Crippen LogP contribution in [0, 0.1) is 0 Å². The predicted molar refractivity (Wildman–Crippen MR) is 80.0 cm³/mol. The predicted octanol–water partition coefficient (Wildman–Crippen LogP) is 3.40. The van der Waals surface area contributed by atoms with E-state index in [1.807, 2.05) is 18.2 Å². The minimum atomic E-state index is -0.636. The largest absolute Gasteiger partial charge is 0.369 e. The molecule has 20 heavy (non-hydrogen) atoms. The molecule has 1 aromatic carbocycles. The van der Waals surface area contributed by atoms with Gasteiger partial charge in [-0.05, 0) is 46.3 Å². The molecule has 1 amide bonds. The fourth-order valence-corrected chi connectivity index (χ4v) is 3.14. The molecular formula is C14H8BrNO3S. The zero-order valence-electron chi connectivity index (χ0n) is 10.1. The first kappa shape index (κ1) is 13.1. The zero-order chi connectivity index (χ0) is 14.1. The molecule has 1 saturated heterocycles. The minimum absolute atomic E-state index is 0.0307. The van der Waals surface area contributed by atoms with Crippen molar-refractivity contribution in [2.75, 3.05) is 5.06 Å². The van der Waals surface area contributed by atoms with Gasteiger partial charge in [-0.3, -0.25) is 4.79 Å². The Morgan fingerprint density at radius 2 is 1.85 bits per heavy atom. The zero-order valence-corrected chi connectivity index (χ0v) is 12.5. The lowest BCUT2D eigenvalue weighted by atomic mass is 10.2. The van der Waals surface area contributed by atoms with Crippen molar-refractivity contribution >= 4 is 50.9 Å². The van der Waals surface area contributed by atoms with Gasteiger partial charge in [0.25, 0.3) is 5.91 Å². The number of anilines is 1. The Balaban J connectivity index is 1.93. The van der Waals surface area contributed by atoms with E-state index in [4.69, 9.17) is 4.84 Å². The molecule has 1 aliphatic rings. The van der Waals surface area contributed by atoms with Gasteiger partial charge in [0.05, 0.1) is 9.47 Å². The number of carbonyl (C=O) groups excluding carboxylic acids is 2. The highest BCUT2D eigenvalue weighted by Gasteiger charge is 2.37. The van der Waals surface area contributed by atoms with Gasteiger partial charge in [-0.2, -0.15) is 0 Å². The summed E-state index contributed by atoms with van der Waals surface area (Å²) >= 11 is 4.78. The van der Waals surface area contributed by atoms with E-state index in [-0.39, 0.29) is 5.57 Å². The summed E-state index contributed by atoms with van der Waals surface area (Å²) in [4.78, 5) is 29.9. The van der Waals surface area contributed by atoms with Crippen molar-refractivity contribution in [1.29, 1.82) is 0 Å². The van der Waals surface area contributed by atoms with Gasteiger partial charge >= 0.3 is 5.97 Å². The number of hydrogen-bond donors (Lipinski definition) is 0. The molecule has 100 valence electrons. The average molecular weight is 350 g/mol. The number of amides is 1. The third kappa shape index (κ3) is 2.39. The van der Waals surface area contributed by atoms with Crippen molar-refractivity contribution < 1.29 is 14.4 Å². The lowest BCUT2D eigenvalue weighted by molar-refractivity contribution is -0.137. The standard InChI is InChI=1S/C14H8BrNO3S/c15-12-7-6-10(20-12)8-11-13(17)16(19-14(11)18)9-4-2-1-3-5-9/h1-8H. The van der Waals surface area contributed by atoms with Crippen LogP contribution in [0.25, 0.3) is 6.08 Å². The number of hydrogen-bond acceptors (Lipinski definition) is 4. The molecule has 0 aliphatic carbocycles. The van der Waals surface area contributed by atoms with Crippen LogP contribution in [-0.2, 0) is 14.4 Å². The number of benzene rings is 1. The van der Waals surface area contributed by atoms with Gasteiger partial charge in [0.2, 0.25) is 0 Å². The van der Waals surface area contributed by atoms with Crippen LogP contribution in [0.2, 0.25) is 0 Å². The summed E-state index contributed by atoms with van der Waals surface area (Å²) in [7, 11) is 0. The van der Waals surface area contributed by atoms with Crippen LogP contribution in [0.1, 0.15) is 4.88 Å².